The molecule has 1 aliphatic rings. The van der Waals surface area contributed by atoms with E-state index in [0.717, 1.165) is 28.7 Å². The lowest BCUT2D eigenvalue weighted by Gasteiger charge is -2.17. The van der Waals surface area contributed by atoms with Crippen LogP contribution in [-0.4, -0.2) is 34.0 Å². The van der Waals surface area contributed by atoms with Crippen molar-refractivity contribution in [3.05, 3.63) is 27.3 Å². The highest BCUT2D eigenvalue weighted by atomic mass is 127. The number of nitrogens with zero attached hydrogens (tertiary/aromatic N) is 1. The summed E-state index contributed by atoms with van der Waals surface area (Å²) < 4.78 is 2.01. The molecule has 3 nitrogen and oxygen atoms in total. The van der Waals surface area contributed by atoms with Crippen molar-refractivity contribution >= 4 is 62.5 Å². The lowest BCUT2D eigenvalue weighted by Crippen LogP contribution is -2.25. The Labute approximate surface area is 143 Å². The first-order valence-electron chi connectivity index (χ1n) is 6.54. The zero-order chi connectivity index (χ0) is 14.5. The summed E-state index contributed by atoms with van der Waals surface area (Å²) in [4.78, 5) is 14.1. The molecule has 108 valence electrons. The first-order chi connectivity index (χ1) is 9.56. The highest BCUT2D eigenvalue weighted by Crippen LogP contribution is 2.19. The molecule has 0 bridgehead atoms. The zero-order valence-corrected chi connectivity index (χ0v) is 15.1. The molecule has 1 fully saturated rings. The van der Waals surface area contributed by atoms with Crippen molar-refractivity contribution < 1.29 is 4.79 Å². The highest BCUT2D eigenvalue weighted by Gasteiger charge is 2.16. The number of rotatable bonds is 3. The second-order valence-corrected chi connectivity index (χ2v) is 7.61. The van der Waals surface area contributed by atoms with Crippen molar-refractivity contribution in [2.24, 2.45) is 0 Å². The van der Waals surface area contributed by atoms with Crippen LogP contribution in [0.4, 0.5) is 5.69 Å². The second-order valence-electron chi connectivity index (χ2n) is 4.76. The Morgan fingerprint density at radius 3 is 2.80 bits per heavy atom. The summed E-state index contributed by atoms with van der Waals surface area (Å²) in [7, 11) is 0. The van der Waals surface area contributed by atoms with Gasteiger partial charge in [0, 0.05) is 22.3 Å². The number of hydrogen-bond donors (Lipinski definition) is 1. The van der Waals surface area contributed by atoms with Crippen molar-refractivity contribution in [1.82, 2.24) is 4.90 Å². The summed E-state index contributed by atoms with van der Waals surface area (Å²) >= 11 is 9.06. The van der Waals surface area contributed by atoms with E-state index in [9.17, 15) is 4.79 Å². The number of thiocarbonyl (C=S) groups is 1. The average molecular weight is 420 g/mol. The first-order valence-corrected chi connectivity index (χ1v) is 9.01. The summed E-state index contributed by atoms with van der Waals surface area (Å²) in [5, 5.41) is 2.94. The van der Waals surface area contributed by atoms with Gasteiger partial charge in [-0.1, -0.05) is 24.0 Å². The fourth-order valence-corrected chi connectivity index (χ4v) is 3.77. The molecule has 0 aromatic heterocycles. The van der Waals surface area contributed by atoms with E-state index in [-0.39, 0.29) is 5.91 Å². The van der Waals surface area contributed by atoms with Crippen LogP contribution < -0.4 is 5.32 Å². The van der Waals surface area contributed by atoms with Crippen LogP contribution >= 0.6 is 46.6 Å². The van der Waals surface area contributed by atoms with Crippen LogP contribution in [0, 0.1) is 10.5 Å². The normalized spacial score (nSPS) is 14.4. The molecule has 6 heteroatoms. The minimum Gasteiger partial charge on any atom is -0.358 e. The van der Waals surface area contributed by atoms with Crippen LogP contribution in [0.25, 0.3) is 0 Å². The van der Waals surface area contributed by atoms with Gasteiger partial charge < -0.3 is 10.2 Å². The SMILES string of the molecule is Cc1cc(I)ccc1NC(=O)CSC(=S)N1CCCC1. The largest absolute Gasteiger partial charge is 0.358 e. The Hall–Kier alpha value is -0.340. The molecule has 1 aromatic rings. The topological polar surface area (TPSA) is 32.3 Å². The number of hydrogen-bond acceptors (Lipinski definition) is 3. The van der Waals surface area contributed by atoms with Gasteiger partial charge in [-0.05, 0) is 66.1 Å². The standard InChI is InChI=1S/C14H17IN2OS2/c1-10-8-11(15)4-5-12(10)16-13(18)9-20-14(19)17-6-2-3-7-17/h4-5,8H,2-3,6-7,9H2,1H3,(H,16,18). The average Bonchev–Trinajstić information content (AvgIpc) is 2.93. The maximum absolute atomic E-state index is 12.0. The van der Waals surface area contributed by atoms with Crippen LogP contribution in [0.2, 0.25) is 0 Å². The molecule has 0 unspecified atom stereocenters. The van der Waals surface area contributed by atoms with Crippen molar-refractivity contribution in [3.8, 4) is 0 Å². The van der Waals surface area contributed by atoms with E-state index < -0.39 is 0 Å². The van der Waals surface area contributed by atoms with Gasteiger partial charge in [0.15, 0.2) is 0 Å². The maximum atomic E-state index is 12.0. The molecule has 0 spiro atoms. The van der Waals surface area contributed by atoms with Crippen LogP contribution in [0.5, 0.6) is 0 Å². The summed E-state index contributed by atoms with van der Waals surface area (Å²) in [6.07, 6.45) is 2.41. The van der Waals surface area contributed by atoms with Gasteiger partial charge in [0.1, 0.15) is 4.32 Å². The molecular formula is C14H17IN2OS2. The molecule has 1 aliphatic heterocycles. The van der Waals surface area contributed by atoms with E-state index in [0.29, 0.717) is 5.75 Å². The van der Waals surface area contributed by atoms with Gasteiger partial charge in [-0.2, -0.15) is 0 Å². The molecule has 1 amide bonds. The summed E-state index contributed by atoms with van der Waals surface area (Å²) in [5.74, 6) is 0.377. The van der Waals surface area contributed by atoms with Gasteiger partial charge >= 0.3 is 0 Å². The van der Waals surface area contributed by atoms with Crippen molar-refractivity contribution in [1.29, 1.82) is 0 Å². The number of thioether (sulfide) groups is 1. The molecule has 0 aliphatic carbocycles. The van der Waals surface area contributed by atoms with E-state index in [1.54, 1.807) is 0 Å². The van der Waals surface area contributed by atoms with Crippen LogP contribution in [0.15, 0.2) is 18.2 Å². The van der Waals surface area contributed by atoms with E-state index in [1.165, 1.54) is 28.2 Å². The quantitative estimate of drug-likeness (QED) is 0.598. The molecule has 20 heavy (non-hydrogen) atoms. The molecule has 1 aromatic carbocycles. The second kappa shape index (κ2) is 7.61. The number of likely N-dealkylation sites (tertiary alicyclic amines) is 1. The monoisotopic (exact) mass is 420 g/mol. The van der Waals surface area contributed by atoms with E-state index in [4.69, 9.17) is 12.2 Å². The molecule has 0 radical (unpaired) electrons. The van der Waals surface area contributed by atoms with Gasteiger partial charge in [0.2, 0.25) is 5.91 Å². The Kier molecular flexibility index (Phi) is 6.10. The minimum atomic E-state index is 0.000792. The summed E-state index contributed by atoms with van der Waals surface area (Å²) in [6.45, 7) is 4.06. The third-order valence-corrected chi connectivity index (χ3v) is 5.35. The molecular weight excluding hydrogens is 403 g/mol. The van der Waals surface area contributed by atoms with Crippen LogP contribution in [0.3, 0.4) is 0 Å². The predicted octanol–water partition coefficient (Wildman–Crippen LogP) is 3.65. The summed E-state index contributed by atoms with van der Waals surface area (Å²) in [5.41, 5.74) is 1.96. The number of anilines is 1. The van der Waals surface area contributed by atoms with Gasteiger partial charge in [-0.25, -0.2) is 0 Å². The van der Waals surface area contributed by atoms with Gasteiger partial charge in [-0.3, -0.25) is 4.79 Å². The third-order valence-electron chi connectivity index (χ3n) is 3.15. The lowest BCUT2D eigenvalue weighted by atomic mass is 10.2. The Balaban J connectivity index is 1.81. The smallest absolute Gasteiger partial charge is 0.234 e. The van der Waals surface area contributed by atoms with E-state index >= 15 is 0 Å². The van der Waals surface area contributed by atoms with E-state index in [1.807, 2.05) is 19.1 Å². The molecule has 0 atom stereocenters. The molecule has 0 saturated carbocycles. The van der Waals surface area contributed by atoms with Crippen LogP contribution in [0.1, 0.15) is 18.4 Å². The fraction of sp³-hybridized carbons (Fsp3) is 0.429. The van der Waals surface area contributed by atoms with Gasteiger partial charge in [-0.15, -0.1) is 0 Å². The zero-order valence-electron chi connectivity index (χ0n) is 11.3. The third kappa shape index (κ3) is 4.60. The molecule has 1 heterocycles. The highest BCUT2D eigenvalue weighted by molar-refractivity contribution is 14.1. The van der Waals surface area contributed by atoms with Gasteiger partial charge in [0.05, 0.1) is 5.75 Å². The molecule has 1 N–H and O–H groups in total. The Morgan fingerprint density at radius 2 is 2.15 bits per heavy atom. The summed E-state index contributed by atoms with van der Waals surface area (Å²) in [6, 6.07) is 5.99. The minimum absolute atomic E-state index is 0.000792. The number of halogens is 1. The number of carbonyl (C=O) groups is 1. The maximum Gasteiger partial charge on any atom is 0.234 e. The first kappa shape index (κ1) is 16.0. The van der Waals surface area contributed by atoms with Crippen LogP contribution in [-0.2, 0) is 4.79 Å². The number of aryl methyl sites for hydroxylation is 1. The number of carbonyl (C=O) groups excluding carboxylic acids is 1. The van der Waals surface area contributed by atoms with Crippen molar-refractivity contribution in [2.75, 3.05) is 24.2 Å². The Bertz CT molecular complexity index is 516. The van der Waals surface area contributed by atoms with Crippen molar-refractivity contribution in [3.63, 3.8) is 0 Å². The van der Waals surface area contributed by atoms with Crippen molar-refractivity contribution in [2.45, 2.75) is 19.8 Å². The molecule has 2 rings (SSSR count). The van der Waals surface area contributed by atoms with Gasteiger partial charge in [0.25, 0.3) is 0 Å². The van der Waals surface area contributed by atoms with E-state index in [2.05, 4.69) is 38.9 Å². The Morgan fingerprint density at radius 1 is 1.45 bits per heavy atom. The lowest BCUT2D eigenvalue weighted by molar-refractivity contribution is -0.113. The number of nitrogens with one attached hydrogen (secondary N) is 1. The fourth-order valence-electron chi connectivity index (χ4n) is 2.07. The molecule has 1 saturated heterocycles. The number of benzene rings is 1. The predicted molar refractivity (Wildman–Crippen MR) is 98.4 cm³/mol. The number of amides is 1.